The first-order valence-electron chi connectivity index (χ1n) is 11.9. The summed E-state index contributed by atoms with van der Waals surface area (Å²) in [6.07, 6.45) is 8.03. The second-order valence-electron chi connectivity index (χ2n) is 8.88. The number of hydrogen-bond acceptors (Lipinski definition) is 7. The number of nitrogens with one attached hydrogen (secondary N) is 1. The molecule has 0 bridgehead atoms. The van der Waals surface area contributed by atoms with Gasteiger partial charge < -0.3 is 10.1 Å². The average molecular weight is 488 g/mol. The molecule has 2 aromatic carbocycles. The van der Waals surface area contributed by atoms with Crippen LogP contribution in [0.2, 0.25) is 0 Å². The summed E-state index contributed by atoms with van der Waals surface area (Å²) in [5, 5.41) is 9.39. The van der Waals surface area contributed by atoms with Gasteiger partial charge in [0, 0.05) is 23.8 Å². The van der Waals surface area contributed by atoms with Gasteiger partial charge in [-0.15, -0.1) is 0 Å². The summed E-state index contributed by atoms with van der Waals surface area (Å²) in [4.78, 5) is 18.0. The van der Waals surface area contributed by atoms with E-state index in [1.807, 2.05) is 29.8 Å². The number of ether oxygens (including phenoxy) is 1. The molecule has 1 aliphatic rings. The number of aromatic nitrogens is 6. The van der Waals surface area contributed by atoms with E-state index in [-0.39, 0.29) is 12.3 Å². The molecule has 0 saturated carbocycles. The molecule has 2 atom stereocenters. The minimum absolute atomic E-state index is 0.108. The van der Waals surface area contributed by atoms with Crippen molar-refractivity contribution in [3.8, 4) is 11.3 Å². The van der Waals surface area contributed by atoms with Crippen LogP contribution in [-0.4, -0.2) is 36.3 Å². The largest absolute Gasteiger partial charge is 0.356 e. The molecule has 1 N–H and O–H groups in total. The molecule has 0 amide bonds. The lowest BCUT2D eigenvalue weighted by atomic mass is 10.1. The summed E-state index contributed by atoms with van der Waals surface area (Å²) in [5.41, 5.74) is 3.76. The van der Waals surface area contributed by atoms with Gasteiger partial charge in [-0.2, -0.15) is 5.10 Å². The van der Waals surface area contributed by atoms with Crippen molar-refractivity contribution in [2.75, 3.05) is 11.9 Å². The zero-order chi connectivity index (χ0) is 24.6. The smallest absolute Gasteiger partial charge is 0.223 e. The van der Waals surface area contributed by atoms with Crippen LogP contribution in [0.4, 0.5) is 14.7 Å². The van der Waals surface area contributed by atoms with Gasteiger partial charge in [-0.25, -0.2) is 33.4 Å². The number of nitrogens with zero attached hydrogens (tertiary/aromatic N) is 6. The highest BCUT2D eigenvalue weighted by Crippen LogP contribution is 2.31. The maximum atomic E-state index is 13.6. The van der Waals surface area contributed by atoms with Crippen molar-refractivity contribution in [2.45, 2.75) is 38.5 Å². The van der Waals surface area contributed by atoms with E-state index >= 15 is 0 Å². The molecule has 182 valence electrons. The minimum atomic E-state index is -0.885. The second-order valence-corrected chi connectivity index (χ2v) is 8.88. The number of rotatable bonds is 5. The molecule has 36 heavy (non-hydrogen) atoms. The molecular formula is C26H23F2N7O. The first kappa shape index (κ1) is 22.4. The standard InChI is InChI=1S/C26H23F2N7O/c1-15(16-5-7-20(27)21(28)11-16)33-26-29-12-18-10-17(6-8-22(18)34-26)24-19-13-32-35(25(19)31-14-30-24)23-4-2-3-9-36-23/h5-8,10-15,23H,2-4,9H2,1H3,(H,29,33,34). The molecule has 10 heteroatoms. The Kier molecular flexibility index (Phi) is 5.73. The first-order valence-corrected chi connectivity index (χ1v) is 11.9. The predicted molar refractivity (Wildman–Crippen MR) is 131 cm³/mol. The van der Waals surface area contributed by atoms with Gasteiger partial charge in [-0.1, -0.05) is 12.1 Å². The van der Waals surface area contributed by atoms with Crippen molar-refractivity contribution in [2.24, 2.45) is 0 Å². The Balaban J connectivity index is 1.28. The normalized spacial score (nSPS) is 16.9. The number of hydrogen-bond donors (Lipinski definition) is 1. The SMILES string of the molecule is CC(Nc1ncc2cc(-c3ncnc4c3cnn4C3CCCCO3)ccc2n1)c1ccc(F)c(F)c1. The van der Waals surface area contributed by atoms with E-state index in [1.54, 1.807) is 18.7 Å². The van der Waals surface area contributed by atoms with Gasteiger partial charge >= 0.3 is 0 Å². The highest BCUT2D eigenvalue weighted by molar-refractivity contribution is 5.93. The Hall–Kier alpha value is -4.05. The first-order chi connectivity index (χ1) is 17.6. The molecular weight excluding hydrogens is 464 g/mol. The maximum absolute atomic E-state index is 13.6. The fraction of sp³-hybridized carbons (Fsp3) is 0.269. The van der Waals surface area contributed by atoms with E-state index in [9.17, 15) is 8.78 Å². The monoisotopic (exact) mass is 487 g/mol. The van der Waals surface area contributed by atoms with Crippen LogP contribution in [0.25, 0.3) is 33.2 Å². The Morgan fingerprint density at radius 1 is 1.03 bits per heavy atom. The van der Waals surface area contributed by atoms with Crippen LogP contribution in [0.3, 0.4) is 0 Å². The lowest BCUT2D eigenvalue weighted by Crippen LogP contribution is -2.19. The Labute approximate surface area is 205 Å². The van der Waals surface area contributed by atoms with Gasteiger partial charge in [-0.05, 0) is 56.0 Å². The molecule has 5 aromatic rings. The Morgan fingerprint density at radius 2 is 1.94 bits per heavy atom. The third kappa shape index (κ3) is 4.13. The summed E-state index contributed by atoms with van der Waals surface area (Å²) >= 11 is 0. The summed E-state index contributed by atoms with van der Waals surface area (Å²) in [6.45, 7) is 2.56. The van der Waals surface area contributed by atoms with Crippen molar-refractivity contribution in [3.05, 3.63) is 72.3 Å². The molecule has 0 radical (unpaired) electrons. The zero-order valence-corrected chi connectivity index (χ0v) is 19.5. The summed E-state index contributed by atoms with van der Waals surface area (Å²) in [5.74, 6) is -1.37. The number of halogens is 2. The number of benzene rings is 2. The fourth-order valence-electron chi connectivity index (χ4n) is 4.53. The van der Waals surface area contributed by atoms with Crippen LogP contribution < -0.4 is 5.32 Å². The van der Waals surface area contributed by atoms with Gasteiger partial charge in [0.25, 0.3) is 0 Å². The lowest BCUT2D eigenvalue weighted by Gasteiger charge is -2.22. The van der Waals surface area contributed by atoms with Gasteiger partial charge in [0.1, 0.15) is 6.33 Å². The van der Waals surface area contributed by atoms with Crippen LogP contribution in [0.5, 0.6) is 0 Å². The summed E-state index contributed by atoms with van der Waals surface area (Å²) in [6, 6.07) is 9.35. The fourth-order valence-corrected chi connectivity index (χ4v) is 4.53. The van der Waals surface area contributed by atoms with E-state index < -0.39 is 11.6 Å². The third-order valence-electron chi connectivity index (χ3n) is 6.46. The molecule has 0 spiro atoms. The van der Waals surface area contributed by atoms with E-state index in [4.69, 9.17) is 4.74 Å². The summed E-state index contributed by atoms with van der Waals surface area (Å²) < 4.78 is 34.6. The molecule has 0 aliphatic carbocycles. The molecule has 1 saturated heterocycles. The molecule has 6 rings (SSSR count). The van der Waals surface area contributed by atoms with Crippen LogP contribution in [-0.2, 0) is 4.74 Å². The van der Waals surface area contributed by atoms with Crippen molar-refractivity contribution >= 4 is 27.9 Å². The van der Waals surface area contributed by atoms with E-state index in [1.165, 1.54) is 12.1 Å². The van der Waals surface area contributed by atoms with Gasteiger partial charge in [0.05, 0.1) is 28.8 Å². The highest BCUT2D eigenvalue weighted by atomic mass is 19.2. The van der Waals surface area contributed by atoms with Crippen molar-refractivity contribution in [1.82, 2.24) is 29.7 Å². The van der Waals surface area contributed by atoms with Crippen molar-refractivity contribution in [3.63, 3.8) is 0 Å². The second kappa shape index (κ2) is 9.19. The van der Waals surface area contributed by atoms with Gasteiger partial charge in [0.2, 0.25) is 5.95 Å². The Bertz CT molecular complexity index is 1570. The number of anilines is 1. The molecule has 1 aliphatic heterocycles. The Morgan fingerprint density at radius 3 is 2.78 bits per heavy atom. The quantitative estimate of drug-likeness (QED) is 0.346. The van der Waals surface area contributed by atoms with Crippen LogP contribution in [0.15, 0.2) is 55.1 Å². The topological polar surface area (TPSA) is 90.6 Å². The van der Waals surface area contributed by atoms with Crippen LogP contribution in [0, 0.1) is 11.6 Å². The van der Waals surface area contributed by atoms with Crippen LogP contribution >= 0.6 is 0 Å². The number of fused-ring (bicyclic) bond motifs is 2. The van der Waals surface area contributed by atoms with Gasteiger partial charge in [-0.3, -0.25) is 0 Å². The molecule has 3 aromatic heterocycles. The zero-order valence-electron chi connectivity index (χ0n) is 19.5. The summed E-state index contributed by atoms with van der Waals surface area (Å²) in [7, 11) is 0. The van der Waals surface area contributed by atoms with Crippen molar-refractivity contribution in [1.29, 1.82) is 0 Å². The predicted octanol–water partition coefficient (Wildman–Crippen LogP) is 5.59. The molecule has 8 nitrogen and oxygen atoms in total. The minimum Gasteiger partial charge on any atom is -0.356 e. The third-order valence-corrected chi connectivity index (χ3v) is 6.46. The van der Waals surface area contributed by atoms with Crippen LogP contribution in [0.1, 0.15) is 44.0 Å². The molecule has 1 fully saturated rings. The average Bonchev–Trinajstić information content (AvgIpc) is 3.35. The van der Waals surface area contributed by atoms with Crippen molar-refractivity contribution < 1.29 is 13.5 Å². The van der Waals surface area contributed by atoms with E-state index in [0.717, 1.165) is 65.1 Å². The van der Waals surface area contributed by atoms with E-state index in [2.05, 4.69) is 30.4 Å². The van der Waals surface area contributed by atoms with Gasteiger partial charge in [0.15, 0.2) is 23.5 Å². The molecule has 4 heterocycles. The van der Waals surface area contributed by atoms with E-state index in [0.29, 0.717) is 11.5 Å². The highest BCUT2D eigenvalue weighted by Gasteiger charge is 2.21. The maximum Gasteiger partial charge on any atom is 0.223 e. The molecule has 2 unspecified atom stereocenters. The lowest BCUT2D eigenvalue weighted by molar-refractivity contribution is -0.0370.